The Morgan fingerprint density at radius 2 is 1.90 bits per heavy atom. The molecule has 6 heteroatoms. The average Bonchev–Trinajstić information content (AvgIpc) is 3.38. The lowest BCUT2D eigenvalue weighted by atomic mass is 9.77. The van der Waals surface area contributed by atoms with Gasteiger partial charge in [0.05, 0.1) is 24.5 Å². The number of halogens is 1. The van der Waals surface area contributed by atoms with Crippen LogP contribution in [-0.4, -0.2) is 28.7 Å². The Labute approximate surface area is 182 Å². The van der Waals surface area contributed by atoms with Crippen molar-refractivity contribution in [1.82, 2.24) is 10.2 Å². The van der Waals surface area contributed by atoms with Crippen LogP contribution in [0.15, 0.2) is 54.7 Å². The highest BCUT2D eigenvalue weighted by atomic mass is 19.1. The summed E-state index contributed by atoms with van der Waals surface area (Å²) in [5, 5.41) is 17.3. The second kappa shape index (κ2) is 8.35. The number of hydrogen-bond acceptors (Lipinski definition) is 4. The van der Waals surface area contributed by atoms with E-state index < -0.39 is 6.10 Å². The number of carbonyl (C=O) groups is 1. The summed E-state index contributed by atoms with van der Waals surface area (Å²) in [6, 6.07) is 14.6. The minimum atomic E-state index is -0.518. The summed E-state index contributed by atoms with van der Waals surface area (Å²) in [7, 11) is 0. The van der Waals surface area contributed by atoms with Crippen LogP contribution in [0.3, 0.4) is 0 Å². The fourth-order valence-corrected chi connectivity index (χ4v) is 5.37. The zero-order chi connectivity index (χ0) is 21.4. The van der Waals surface area contributed by atoms with Gasteiger partial charge in [-0.15, -0.1) is 0 Å². The molecular weight excluding hydrogens is 393 g/mol. The summed E-state index contributed by atoms with van der Waals surface area (Å²) in [5.74, 6) is -0.0274. The first-order valence-corrected chi connectivity index (χ1v) is 11.1. The van der Waals surface area contributed by atoms with Gasteiger partial charge in [0, 0.05) is 28.9 Å². The van der Waals surface area contributed by atoms with Gasteiger partial charge < -0.3 is 20.6 Å². The van der Waals surface area contributed by atoms with E-state index >= 15 is 0 Å². The molecule has 31 heavy (non-hydrogen) atoms. The van der Waals surface area contributed by atoms with Crippen molar-refractivity contribution >= 4 is 17.3 Å². The van der Waals surface area contributed by atoms with Gasteiger partial charge in [-0.05, 0) is 56.2 Å². The maximum atomic E-state index is 14.7. The van der Waals surface area contributed by atoms with Crippen molar-refractivity contribution < 1.29 is 14.3 Å². The van der Waals surface area contributed by atoms with Crippen molar-refractivity contribution in [2.75, 3.05) is 12.0 Å². The lowest BCUT2D eigenvalue weighted by molar-refractivity contribution is -0.121. The molecule has 3 aliphatic rings. The number of aliphatic hydroxyl groups excluding tert-OH is 1. The van der Waals surface area contributed by atoms with Gasteiger partial charge in [-0.1, -0.05) is 30.3 Å². The number of aliphatic hydroxyl groups is 1. The first-order valence-electron chi connectivity index (χ1n) is 11.1. The second-order valence-corrected chi connectivity index (χ2v) is 8.85. The predicted molar refractivity (Wildman–Crippen MR) is 118 cm³/mol. The molecule has 2 unspecified atom stereocenters. The van der Waals surface area contributed by atoms with E-state index in [4.69, 9.17) is 0 Å². The number of fused-ring (bicyclic) bond motifs is 3. The highest BCUT2D eigenvalue weighted by molar-refractivity contribution is 5.92. The quantitative estimate of drug-likeness (QED) is 0.676. The van der Waals surface area contributed by atoms with Gasteiger partial charge in [0.25, 0.3) is 0 Å². The van der Waals surface area contributed by atoms with Crippen molar-refractivity contribution in [3.8, 4) is 0 Å². The van der Waals surface area contributed by atoms with Crippen LogP contribution in [0.5, 0.6) is 0 Å². The van der Waals surface area contributed by atoms with Crippen molar-refractivity contribution in [3.05, 3.63) is 71.7 Å². The number of nitrogens with one attached hydrogen (secondary N) is 2. The van der Waals surface area contributed by atoms with Crippen LogP contribution in [0.2, 0.25) is 0 Å². The molecule has 1 fully saturated rings. The smallest absolute Gasteiger partial charge is 0.227 e. The summed E-state index contributed by atoms with van der Waals surface area (Å²) < 4.78 is 14.7. The molecule has 1 aliphatic carbocycles. The number of nitrogens with zero attached hydrogens (tertiary/aromatic N) is 1. The highest BCUT2D eigenvalue weighted by Gasteiger charge is 2.40. The molecule has 1 saturated carbocycles. The van der Waals surface area contributed by atoms with Crippen LogP contribution in [0.25, 0.3) is 5.70 Å². The minimum Gasteiger partial charge on any atom is -0.393 e. The van der Waals surface area contributed by atoms with Crippen molar-refractivity contribution in [2.24, 2.45) is 11.8 Å². The first-order chi connectivity index (χ1) is 15.1. The van der Waals surface area contributed by atoms with Gasteiger partial charge in [-0.3, -0.25) is 4.79 Å². The molecule has 5 rings (SSSR count). The van der Waals surface area contributed by atoms with Gasteiger partial charge in [0.1, 0.15) is 5.82 Å². The molecule has 1 amide bonds. The number of benzene rings is 2. The van der Waals surface area contributed by atoms with Gasteiger partial charge in [-0.2, -0.15) is 0 Å². The lowest BCUT2D eigenvalue weighted by Crippen LogP contribution is -2.34. The Kier molecular flexibility index (Phi) is 5.40. The maximum Gasteiger partial charge on any atom is 0.227 e. The van der Waals surface area contributed by atoms with Gasteiger partial charge in [0.15, 0.2) is 0 Å². The maximum absolute atomic E-state index is 14.7. The predicted octanol–water partition coefficient (Wildman–Crippen LogP) is 4.24. The second-order valence-electron chi connectivity index (χ2n) is 8.85. The third kappa shape index (κ3) is 3.81. The van der Waals surface area contributed by atoms with Gasteiger partial charge in [0.2, 0.25) is 5.91 Å². The number of amides is 1. The normalized spacial score (nSPS) is 25.3. The van der Waals surface area contributed by atoms with E-state index in [2.05, 4.69) is 15.5 Å². The van der Waals surface area contributed by atoms with E-state index in [9.17, 15) is 14.3 Å². The number of carbonyl (C=O) groups excluding carboxylic acids is 1. The highest BCUT2D eigenvalue weighted by Crippen LogP contribution is 2.47. The monoisotopic (exact) mass is 421 g/mol. The zero-order valence-electron chi connectivity index (χ0n) is 17.4. The standard InChI is InChI=1S/C25H28FN3O2/c26-20-8-4-7-19-22-14-27-15-29(22)21(24(19)20)13-23(30)16-9-11-17(12-10-16)25(31)28-18-5-2-1-3-6-18/h1-8,14,16-17,21,23,27,30H,9-13,15H2,(H,28,31). The lowest BCUT2D eigenvalue weighted by Gasteiger charge is -2.34. The van der Waals surface area contributed by atoms with Crippen molar-refractivity contribution in [2.45, 2.75) is 44.2 Å². The van der Waals surface area contributed by atoms with E-state index in [1.54, 1.807) is 6.07 Å². The van der Waals surface area contributed by atoms with Crippen LogP contribution in [0.1, 0.15) is 49.3 Å². The van der Waals surface area contributed by atoms with E-state index in [0.29, 0.717) is 18.7 Å². The van der Waals surface area contributed by atoms with E-state index in [0.717, 1.165) is 42.6 Å². The molecule has 0 bridgehead atoms. The summed E-state index contributed by atoms with van der Waals surface area (Å²) >= 11 is 0. The van der Waals surface area contributed by atoms with Crippen LogP contribution in [0, 0.1) is 17.7 Å². The van der Waals surface area contributed by atoms with E-state index in [1.807, 2.05) is 42.6 Å². The third-order valence-electron chi connectivity index (χ3n) is 7.04. The third-order valence-corrected chi connectivity index (χ3v) is 7.04. The zero-order valence-corrected chi connectivity index (χ0v) is 17.4. The molecule has 2 aliphatic heterocycles. The molecule has 3 N–H and O–H groups in total. The summed E-state index contributed by atoms with van der Waals surface area (Å²) in [6.07, 6.45) is 5.08. The Morgan fingerprint density at radius 3 is 2.68 bits per heavy atom. The Hall–Kier alpha value is -2.86. The van der Waals surface area contributed by atoms with Crippen LogP contribution in [-0.2, 0) is 4.79 Å². The van der Waals surface area contributed by atoms with Crippen LogP contribution < -0.4 is 10.6 Å². The van der Waals surface area contributed by atoms with Crippen molar-refractivity contribution in [1.29, 1.82) is 0 Å². The summed E-state index contributed by atoms with van der Waals surface area (Å²) in [4.78, 5) is 14.7. The largest absolute Gasteiger partial charge is 0.393 e. The van der Waals surface area contributed by atoms with E-state index in [-0.39, 0.29) is 29.6 Å². The SMILES string of the molecule is O=C(Nc1ccccc1)C1CCC(C(O)CC2c3c(F)cccc3C3=CNCN32)CC1. The molecule has 2 aromatic carbocycles. The first kappa shape index (κ1) is 20.1. The molecular formula is C25H28FN3O2. The topological polar surface area (TPSA) is 64.6 Å². The van der Waals surface area contributed by atoms with Gasteiger partial charge in [-0.25, -0.2) is 4.39 Å². The molecule has 2 atom stereocenters. The molecule has 2 heterocycles. The summed E-state index contributed by atoms with van der Waals surface area (Å²) in [5.41, 5.74) is 3.45. The molecule has 2 aromatic rings. The van der Waals surface area contributed by atoms with Gasteiger partial charge >= 0.3 is 0 Å². The number of para-hydroxylation sites is 1. The molecule has 0 aromatic heterocycles. The number of rotatable bonds is 5. The Balaban J connectivity index is 1.21. The average molecular weight is 422 g/mol. The molecule has 162 valence electrons. The number of hydrogen-bond donors (Lipinski definition) is 3. The fraction of sp³-hybridized carbons (Fsp3) is 0.400. The molecule has 5 nitrogen and oxygen atoms in total. The Bertz CT molecular complexity index is 986. The van der Waals surface area contributed by atoms with Crippen molar-refractivity contribution in [3.63, 3.8) is 0 Å². The van der Waals surface area contributed by atoms with E-state index in [1.165, 1.54) is 6.07 Å². The summed E-state index contributed by atoms with van der Waals surface area (Å²) in [6.45, 7) is 0.632. The Morgan fingerprint density at radius 1 is 1.13 bits per heavy atom. The minimum absolute atomic E-state index is 0.0226. The van der Waals surface area contributed by atoms with Crippen LogP contribution >= 0.6 is 0 Å². The molecule has 0 spiro atoms. The van der Waals surface area contributed by atoms with Crippen LogP contribution in [0.4, 0.5) is 10.1 Å². The molecule has 0 saturated heterocycles. The fourth-order valence-electron chi connectivity index (χ4n) is 5.37. The molecule has 0 radical (unpaired) electrons. The number of anilines is 1.